The van der Waals surface area contributed by atoms with Crippen molar-refractivity contribution in [1.82, 2.24) is 4.31 Å². The lowest BCUT2D eigenvalue weighted by Crippen LogP contribution is -3.15. The highest BCUT2D eigenvalue weighted by atomic mass is 35.5. The predicted molar refractivity (Wildman–Crippen MR) is 120 cm³/mol. The van der Waals surface area contributed by atoms with E-state index in [-0.39, 0.29) is 35.2 Å². The van der Waals surface area contributed by atoms with E-state index < -0.39 is 27.7 Å². The number of anilines is 1. The summed E-state index contributed by atoms with van der Waals surface area (Å²) in [5.41, 5.74) is 0.0341. The van der Waals surface area contributed by atoms with Gasteiger partial charge in [-0.25, -0.2) is 8.42 Å². The quantitative estimate of drug-likeness (QED) is 0.635. The van der Waals surface area contributed by atoms with Gasteiger partial charge in [0.05, 0.1) is 47.3 Å². The Morgan fingerprint density at radius 1 is 1.12 bits per heavy atom. The Morgan fingerprint density at radius 3 is 2.27 bits per heavy atom. The molecule has 11 heteroatoms. The predicted octanol–water partition coefficient (Wildman–Crippen LogP) is 3.01. The van der Waals surface area contributed by atoms with Gasteiger partial charge in [0.1, 0.15) is 0 Å². The second kappa shape index (κ2) is 10.0. The number of amides is 1. The van der Waals surface area contributed by atoms with Gasteiger partial charge in [0.2, 0.25) is 10.0 Å². The number of carbonyl (C=O) groups is 1. The zero-order chi connectivity index (χ0) is 24.4. The molecule has 0 unspecified atom stereocenters. The van der Waals surface area contributed by atoms with E-state index in [1.54, 1.807) is 12.1 Å². The minimum Gasteiger partial charge on any atom is -0.325 e. The smallest absolute Gasteiger partial charge is 0.325 e. The minimum absolute atomic E-state index is 0.00532. The molecule has 6 nitrogen and oxygen atoms in total. The molecule has 0 saturated carbocycles. The molecule has 1 fully saturated rings. The number of nitrogens with zero attached hydrogens (tertiary/aromatic N) is 1. The zero-order valence-corrected chi connectivity index (χ0v) is 19.8. The first kappa shape index (κ1) is 25.5. The van der Waals surface area contributed by atoms with Gasteiger partial charge in [-0.2, -0.15) is 17.5 Å². The third-order valence-corrected chi connectivity index (χ3v) is 7.83. The Labute approximate surface area is 196 Å². The van der Waals surface area contributed by atoms with Crippen molar-refractivity contribution < 1.29 is 31.3 Å². The van der Waals surface area contributed by atoms with Crippen LogP contribution in [0.5, 0.6) is 0 Å². The number of benzene rings is 2. The summed E-state index contributed by atoms with van der Waals surface area (Å²) in [6, 6.07) is 9.56. The SMILES string of the molecule is CC(C)c1ccc(S(=O)(=O)N2CC[NH+](CC(=O)Nc3cc(C(F)(F)F)ccc3Cl)CC2)cc1. The van der Waals surface area contributed by atoms with Crippen LogP contribution >= 0.6 is 11.6 Å². The van der Waals surface area contributed by atoms with E-state index in [9.17, 15) is 26.4 Å². The van der Waals surface area contributed by atoms with E-state index in [1.807, 2.05) is 26.0 Å². The molecule has 2 N–H and O–H groups in total. The number of hydrogen-bond acceptors (Lipinski definition) is 3. The molecule has 2 aromatic carbocycles. The van der Waals surface area contributed by atoms with Gasteiger partial charge >= 0.3 is 6.18 Å². The van der Waals surface area contributed by atoms with Gasteiger partial charge in [-0.3, -0.25) is 4.79 Å². The summed E-state index contributed by atoms with van der Waals surface area (Å²) < 4.78 is 66.0. The van der Waals surface area contributed by atoms with Crippen LogP contribution in [-0.2, 0) is 21.0 Å². The third-order valence-electron chi connectivity index (χ3n) is 5.59. The molecule has 0 aliphatic carbocycles. The summed E-state index contributed by atoms with van der Waals surface area (Å²) in [5, 5.41) is 2.43. The first-order chi connectivity index (χ1) is 15.4. The number of rotatable bonds is 6. The van der Waals surface area contributed by atoms with Gasteiger partial charge in [0.25, 0.3) is 5.91 Å². The van der Waals surface area contributed by atoms with Crippen LogP contribution in [0.4, 0.5) is 18.9 Å². The fourth-order valence-electron chi connectivity index (χ4n) is 3.61. The average molecular weight is 505 g/mol. The molecule has 3 rings (SSSR count). The van der Waals surface area contributed by atoms with E-state index in [1.165, 1.54) is 4.31 Å². The highest BCUT2D eigenvalue weighted by Crippen LogP contribution is 2.33. The summed E-state index contributed by atoms with van der Waals surface area (Å²) in [4.78, 5) is 13.4. The number of quaternary nitrogens is 1. The van der Waals surface area contributed by atoms with Crippen LogP contribution in [0.2, 0.25) is 5.02 Å². The molecule has 1 amide bonds. The van der Waals surface area contributed by atoms with Crippen molar-refractivity contribution >= 4 is 33.2 Å². The van der Waals surface area contributed by atoms with Gasteiger partial charge in [-0.05, 0) is 41.8 Å². The maximum absolute atomic E-state index is 12.9. The number of carbonyl (C=O) groups excluding carboxylic acids is 1. The molecule has 180 valence electrons. The molecule has 2 aromatic rings. The fourth-order valence-corrected chi connectivity index (χ4v) is 5.22. The Kier molecular flexibility index (Phi) is 7.73. The molecule has 0 radical (unpaired) electrons. The van der Waals surface area contributed by atoms with E-state index in [4.69, 9.17) is 11.6 Å². The molecule has 0 aromatic heterocycles. The molecule has 33 heavy (non-hydrogen) atoms. The van der Waals surface area contributed by atoms with Gasteiger partial charge < -0.3 is 10.2 Å². The summed E-state index contributed by atoms with van der Waals surface area (Å²) in [6.45, 7) is 5.32. The minimum atomic E-state index is -4.55. The Bertz CT molecular complexity index is 1100. The maximum Gasteiger partial charge on any atom is 0.416 e. The lowest BCUT2D eigenvalue weighted by Gasteiger charge is -2.31. The van der Waals surface area contributed by atoms with Gasteiger partial charge in [0.15, 0.2) is 6.54 Å². The van der Waals surface area contributed by atoms with Crippen LogP contribution < -0.4 is 10.2 Å². The van der Waals surface area contributed by atoms with Gasteiger partial charge in [-0.1, -0.05) is 37.6 Å². The van der Waals surface area contributed by atoms with Crippen LogP contribution in [0.15, 0.2) is 47.4 Å². The van der Waals surface area contributed by atoms with Crippen molar-refractivity contribution in [3.63, 3.8) is 0 Å². The van der Waals surface area contributed by atoms with Crippen molar-refractivity contribution in [2.45, 2.75) is 30.8 Å². The summed E-state index contributed by atoms with van der Waals surface area (Å²) in [6.07, 6.45) is -4.55. The first-order valence-electron chi connectivity index (χ1n) is 10.5. The summed E-state index contributed by atoms with van der Waals surface area (Å²) in [5.74, 6) is -0.197. The van der Waals surface area contributed by atoms with E-state index >= 15 is 0 Å². The molecule has 1 saturated heterocycles. The molecular formula is C22H26ClF3N3O3S+. The number of sulfonamides is 1. The Morgan fingerprint density at radius 2 is 1.73 bits per heavy atom. The van der Waals surface area contributed by atoms with E-state index in [0.29, 0.717) is 19.0 Å². The lowest BCUT2D eigenvalue weighted by molar-refractivity contribution is -0.895. The van der Waals surface area contributed by atoms with Gasteiger partial charge in [-0.15, -0.1) is 0 Å². The van der Waals surface area contributed by atoms with Crippen LogP contribution in [0.25, 0.3) is 0 Å². The third kappa shape index (κ3) is 6.26. The number of hydrogen-bond donors (Lipinski definition) is 2. The van der Waals surface area contributed by atoms with Crippen molar-refractivity contribution in [3.05, 3.63) is 58.6 Å². The van der Waals surface area contributed by atoms with E-state index in [0.717, 1.165) is 28.7 Å². The lowest BCUT2D eigenvalue weighted by atomic mass is 10.0. The fraction of sp³-hybridized carbons (Fsp3) is 0.409. The molecule has 0 atom stereocenters. The second-order valence-corrected chi connectivity index (χ2v) is 10.6. The highest BCUT2D eigenvalue weighted by Gasteiger charge is 2.33. The molecule has 0 bridgehead atoms. The highest BCUT2D eigenvalue weighted by molar-refractivity contribution is 7.89. The number of alkyl halides is 3. The van der Waals surface area contributed by atoms with Crippen molar-refractivity contribution in [1.29, 1.82) is 0 Å². The summed E-state index contributed by atoms with van der Waals surface area (Å²) >= 11 is 5.93. The zero-order valence-electron chi connectivity index (χ0n) is 18.2. The van der Waals surface area contributed by atoms with Crippen molar-refractivity contribution in [2.24, 2.45) is 0 Å². The second-order valence-electron chi connectivity index (χ2n) is 8.30. The molecule has 1 heterocycles. The standard InChI is InChI=1S/C22H25ClF3N3O3S/c1-15(2)16-3-6-18(7-4-16)33(31,32)29-11-9-28(10-12-29)14-21(30)27-20-13-17(22(24,25)26)5-8-19(20)23/h3-8,13,15H,9-12,14H2,1-2H3,(H,27,30)/p+1. The Balaban J connectivity index is 1.57. The monoisotopic (exact) mass is 504 g/mol. The van der Waals surface area contributed by atoms with Crippen molar-refractivity contribution in [2.75, 3.05) is 38.0 Å². The normalized spacial score (nSPS) is 16.2. The van der Waals surface area contributed by atoms with Crippen LogP contribution in [0.3, 0.4) is 0 Å². The number of halogens is 4. The molecule has 1 aliphatic rings. The molecule has 1 aliphatic heterocycles. The first-order valence-corrected chi connectivity index (χ1v) is 12.3. The average Bonchev–Trinajstić information content (AvgIpc) is 2.75. The van der Waals surface area contributed by atoms with Crippen LogP contribution in [-0.4, -0.2) is 51.4 Å². The molecule has 0 spiro atoms. The topological polar surface area (TPSA) is 70.9 Å². The largest absolute Gasteiger partial charge is 0.416 e. The Hall–Kier alpha value is -2.14. The van der Waals surface area contributed by atoms with Gasteiger partial charge in [0, 0.05) is 0 Å². The van der Waals surface area contributed by atoms with Crippen LogP contribution in [0.1, 0.15) is 30.9 Å². The maximum atomic E-state index is 12.9. The summed E-state index contributed by atoms with van der Waals surface area (Å²) in [7, 11) is -3.63. The number of nitrogens with one attached hydrogen (secondary N) is 2. The molecular weight excluding hydrogens is 479 g/mol. The van der Waals surface area contributed by atoms with Crippen LogP contribution in [0, 0.1) is 0 Å². The van der Waals surface area contributed by atoms with E-state index in [2.05, 4.69) is 5.32 Å². The number of piperazine rings is 1. The van der Waals surface area contributed by atoms with Crippen molar-refractivity contribution in [3.8, 4) is 0 Å².